The third-order valence-electron chi connectivity index (χ3n) is 5.39. The number of carbonyl (C=O) groups excluding carboxylic acids is 1. The highest BCUT2D eigenvalue weighted by Crippen LogP contribution is 2.58. The smallest absolute Gasteiger partial charge is 0.224 e. The second kappa shape index (κ2) is 7.32. The minimum atomic E-state index is -0.275. The predicted octanol–water partition coefficient (Wildman–Crippen LogP) is 2.94. The van der Waals surface area contributed by atoms with Crippen molar-refractivity contribution in [3.63, 3.8) is 0 Å². The van der Waals surface area contributed by atoms with Gasteiger partial charge in [-0.05, 0) is 69.7 Å². The van der Waals surface area contributed by atoms with Crippen LogP contribution in [0, 0.1) is 11.3 Å². The first kappa shape index (κ1) is 19.1. The van der Waals surface area contributed by atoms with E-state index in [-0.39, 0.29) is 35.2 Å². The predicted molar refractivity (Wildman–Crippen MR) is 98.8 cm³/mol. The molecule has 2 fully saturated rings. The van der Waals surface area contributed by atoms with Gasteiger partial charge in [-0.3, -0.25) is 4.79 Å². The van der Waals surface area contributed by atoms with Crippen molar-refractivity contribution < 1.29 is 9.53 Å². The SMILES string of the molecule is COc1ccccc1CC(C)(C)NC(=O)C1CC12CCNCC2.Cl. The molecule has 1 saturated heterocycles. The zero-order valence-corrected chi connectivity index (χ0v) is 15.7. The van der Waals surface area contributed by atoms with E-state index < -0.39 is 0 Å². The Kier molecular flexibility index (Phi) is 5.82. The van der Waals surface area contributed by atoms with Gasteiger partial charge in [-0.1, -0.05) is 18.2 Å². The zero-order valence-electron chi connectivity index (χ0n) is 14.9. The van der Waals surface area contributed by atoms with Crippen LogP contribution in [0.3, 0.4) is 0 Å². The Morgan fingerprint density at radius 2 is 2.00 bits per heavy atom. The number of hydrogen-bond donors (Lipinski definition) is 2. The summed E-state index contributed by atoms with van der Waals surface area (Å²) in [6.07, 6.45) is 4.10. The molecule has 5 heteroatoms. The molecule has 0 radical (unpaired) electrons. The van der Waals surface area contributed by atoms with Gasteiger partial charge in [0.15, 0.2) is 0 Å². The third-order valence-corrected chi connectivity index (χ3v) is 5.39. The molecule has 1 saturated carbocycles. The third kappa shape index (κ3) is 4.04. The van der Waals surface area contributed by atoms with Crippen LogP contribution >= 0.6 is 12.4 Å². The molecule has 1 heterocycles. The number of nitrogens with one attached hydrogen (secondary N) is 2. The Labute approximate surface area is 151 Å². The monoisotopic (exact) mass is 352 g/mol. The summed E-state index contributed by atoms with van der Waals surface area (Å²) < 4.78 is 5.43. The van der Waals surface area contributed by atoms with Gasteiger partial charge in [-0.25, -0.2) is 0 Å². The van der Waals surface area contributed by atoms with Crippen molar-refractivity contribution >= 4 is 18.3 Å². The molecule has 2 aliphatic rings. The topological polar surface area (TPSA) is 50.4 Å². The molecule has 4 nitrogen and oxygen atoms in total. The van der Waals surface area contributed by atoms with Crippen LogP contribution in [-0.2, 0) is 11.2 Å². The Morgan fingerprint density at radius 1 is 1.33 bits per heavy atom. The molecule has 0 aromatic heterocycles. The summed E-state index contributed by atoms with van der Waals surface area (Å²) in [7, 11) is 1.69. The van der Waals surface area contributed by atoms with Crippen molar-refractivity contribution in [2.75, 3.05) is 20.2 Å². The quantitative estimate of drug-likeness (QED) is 0.856. The van der Waals surface area contributed by atoms with E-state index in [0.29, 0.717) is 0 Å². The summed E-state index contributed by atoms with van der Waals surface area (Å²) in [6, 6.07) is 8.02. The van der Waals surface area contributed by atoms with Crippen LogP contribution in [0.5, 0.6) is 5.75 Å². The number of hydrogen-bond acceptors (Lipinski definition) is 3. The van der Waals surface area contributed by atoms with E-state index in [0.717, 1.165) is 50.1 Å². The maximum Gasteiger partial charge on any atom is 0.224 e. The second-order valence-electron chi connectivity index (χ2n) is 7.73. The molecule has 1 atom stereocenters. The van der Waals surface area contributed by atoms with Crippen molar-refractivity contribution in [2.24, 2.45) is 11.3 Å². The van der Waals surface area contributed by atoms with Gasteiger partial charge in [0.1, 0.15) is 5.75 Å². The summed E-state index contributed by atoms with van der Waals surface area (Å²) in [5.41, 5.74) is 1.14. The lowest BCUT2D eigenvalue weighted by molar-refractivity contribution is -0.124. The molecular formula is C19H29ClN2O2. The van der Waals surface area contributed by atoms with Crippen LogP contribution in [0.15, 0.2) is 24.3 Å². The van der Waals surface area contributed by atoms with Crippen LogP contribution in [0.25, 0.3) is 0 Å². The molecule has 1 aliphatic carbocycles. The first-order chi connectivity index (χ1) is 11.0. The Hall–Kier alpha value is -1.26. The number of amides is 1. The van der Waals surface area contributed by atoms with Crippen molar-refractivity contribution in [3.05, 3.63) is 29.8 Å². The van der Waals surface area contributed by atoms with Crippen LogP contribution in [-0.4, -0.2) is 31.6 Å². The number of para-hydroxylation sites is 1. The number of ether oxygens (including phenoxy) is 1. The minimum Gasteiger partial charge on any atom is -0.496 e. The molecule has 1 aliphatic heterocycles. The lowest BCUT2D eigenvalue weighted by Crippen LogP contribution is -2.46. The number of rotatable bonds is 5. The van der Waals surface area contributed by atoms with Crippen molar-refractivity contribution in [3.8, 4) is 5.75 Å². The minimum absolute atomic E-state index is 0. The molecule has 1 spiro atoms. The molecule has 1 aromatic rings. The van der Waals surface area contributed by atoms with E-state index in [4.69, 9.17) is 4.74 Å². The van der Waals surface area contributed by atoms with Gasteiger partial charge in [-0.2, -0.15) is 0 Å². The van der Waals surface area contributed by atoms with E-state index in [9.17, 15) is 4.79 Å². The van der Waals surface area contributed by atoms with Gasteiger partial charge in [0.05, 0.1) is 7.11 Å². The highest BCUT2D eigenvalue weighted by atomic mass is 35.5. The molecule has 1 aromatic carbocycles. The Morgan fingerprint density at radius 3 is 2.67 bits per heavy atom. The number of halogens is 1. The van der Waals surface area contributed by atoms with Gasteiger partial charge in [0.25, 0.3) is 0 Å². The fourth-order valence-corrected chi connectivity index (χ4v) is 3.99. The summed E-state index contributed by atoms with van der Waals surface area (Å²) >= 11 is 0. The first-order valence-corrected chi connectivity index (χ1v) is 8.60. The highest BCUT2D eigenvalue weighted by molar-refractivity contribution is 5.85. The largest absolute Gasteiger partial charge is 0.496 e. The van der Waals surface area contributed by atoms with E-state index >= 15 is 0 Å². The standard InChI is InChI=1S/C19H28N2O2.ClH/c1-18(2,12-14-6-4-5-7-16(14)23-3)21-17(22)15-13-19(15)8-10-20-11-9-19;/h4-7,15,20H,8-13H2,1-3H3,(H,21,22);1H. The normalized spacial score (nSPS) is 21.7. The molecule has 1 unspecified atom stereocenters. The van der Waals surface area contributed by atoms with E-state index in [1.165, 1.54) is 0 Å². The molecule has 0 bridgehead atoms. The van der Waals surface area contributed by atoms with Gasteiger partial charge < -0.3 is 15.4 Å². The average Bonchev–Trinajstić information content (AvgIpc) is 3.21. The molecule has 24 heavy (non-hydrogen) atoms. The maximum absolute atomic E-state index is 12.7. The highest BCUT2D eigenvalue weighted by Gasteiger charge is 2.58. The molecular weight excluding hydrogens is 324 g/mol. The summed E-state index contributed by atoms with van der Waals surface area (Å²) in [4.78, 5) is 12.7. The molecule has 3 rings (SSSR count). The number of benzene rings is 1. The average molecular weight is 353 g/mol. The van der Waals surface area contributed by atoms with E-state index in [1.807, 2.05) is 18.2 Å². The fraction of sp³-hybridized carbons (Fsp3) is 0.632. The number of methoxy groups -OCH3 is 1. The second-order valence-corrected chi connectivity index (χ2v) is 7.73. The first-order valence-electron chi connectivity index (χ1n) is 8.60. The molecule has 1 amide bonds. The van der Waals surface area contributed by atoms with Crippen molar-refractivity contribution in [1.29, 1.82) is 0 Å². The lowest BCUT2D eigenvalue weighted by Gasteiger charge is -2.29. The molecule has 134 valence electrons. The van der Waals surface area contributed by atoms with Crippen LogP contribution in [0.4, 0.5) is 0 Å². The van der Waals surface area contributed by atoms with Crippen LogP contribution < -0.4 is 15.4 Å². The van der Waals surface area contributed by atoms with E-state index in [2.05, 4.69) is 30.5 Å². The fourth-order valence-electron chi connectivity index (χ4n) is 3.99. The number of carbonyl (C=O) groups is 1. The Balaban J connectivity index is 0.00000208. The summed E-state index contributed by atoms with van der Waals surface area (Å²) in [6.45, 7) is 6.28. The van der Waals surface area contributed by atoms with Crippen molar-refractivity contribution in [1.82, 2.24) is 10.6 Å². The Bertz CT molecular complexity index is 582. The van der Waals surface area contributed by atoms with Crippen LogP contribution in [0.2, 0.25) is 0 Å². The van der Waals surface area contributed by atoms with Gasteiger partial charge in [0, 0.05) is 11.5 Å². The van der Waals surface area contributed by atoms with E-state index in [1.54, 1.807) is 7.11 Å². The summed E-state index contributed by atoms with van der Waals surface area (Å²) in [5.74, 6) is 1.32. The lowest BCUT2D eigenvalue weighted by atomic mass is 9.90. The maximum atomic E-state index is 12.7. The van der Waals surface area contributed by atoms with Crippen LogP contribution in [0.1, 0.15) is 38.7 Å². The number of piperidine rings is 1. The zero-order chi connectivity index (χ0) is 16.5. The van der Waals surface area contributed by atoms with Gasteiger partial charge in [-0.15, -0.1) is 12.4 Å². The van der Waals surface area contributed by atoms with Crippen molar-refractivity contribution in [2.45, 2.75) is 45.1 Å². The van der Waals surface area contributed by atoms with Gasteiger partial charge in [0.2, 0.25) is 5.91 Å². The van der Waals surface area contributed by atoms with Gasteiger partial charge >= 0.3 is 0 Å². The molecule has 2 N–H and O–H groups in total. The summed E-state index contributed by atoms with van der Waals surface area (Å²) in [5, 5.41) is 6.66.